The smallest absolute Gasteiger partial charge is 0.252 e. The molecule has 0 saturated carbocycles. The van der Waals surface area contributed by atoms with Crippen molar-refractivity contribution in [1.82, 2.24) is 5.32 Å². The van der Waals surface area contributed by atoms with Crippen molar-refractivity contribution in [3.05, 3.63) is 28.2 Å². The van der Waals surface area contributed by atoms with Gasteiger partial charge in [0.15, 0.2) is 0 Å². The zero-order valence-corrected chi connectivity index (χ0v) is 12.2. The highest BCUT2D eigenvalue weighted by molar-refractivity contribution is 6.36. The summed E-state index contributed by atoms with van der Waals surface area (Å²) in [6.45, 7) is 3.65. The lowest BCUT2D eigenvalue weighted by atomic mass is 10.0. The average Bonchev–Trinajstić information content (AvgIpc) is 2.38. The van der Waals surface area contributed by atoms with Crippen LogP contribution in [0.15, 0.2) is 18.2 Å². The number of anilines is 1. The molecular formula is C13H14Cl2N2O2. The molecule has 1 saturated heterocycles. The van der Waals surface area contributed by atoms with E-state index in [-0.39, 0.29) is 18.2 Å². The summed E-state index contributed by atoms with van der Waals surface area (Å²) >= 11 is 12.0. The second kappa shape index (κ2) is 5.02. The molecule has 0 atom stereocenters. The molecule has 0 aromatic heterocycles. The third kappa shape index (κ3) is 2.85. The van der Waals surface area contributed by atoms with Crippen LogP contribution in [-0.2, 0) is 9.59 Å². The highest BCUT2D eigenvalue weighted by Crippen LogP contribution is 2.31. The Morgan fingerprint density at radius 2 is 1.95 bits per heavy atom. The van der Waals surface area contributed by atoms with Gasteiger partial charge in [-0.05, 0) is 32.0 Å². The van der Waals surface area contributed by atoms with Crippen molar-refractivity contribution in [2.75, 3.05) is 11.4 Å². The summed E-state index contributed by atoms with van der Waals surface area (Å²) in [7, 11) is 0. The van der Waals surface area contributed by atoms with Crippen LogP contribution in [0, 0.1) is 0 Å². The molecule has 0 unspecified atom stereocenters. The molecule has 2 rings (SSSR count). The van der Waals surface area contributed by atoms with Crippen molar-refractivity contribution in [3.63, 3.8) is 0 Å². The summed E-state index contributed by atoms with van der Waals surface area (Å²) in [6.07, 6.45) is 0.244. The molecule has 1 aromatic carbocycles. The van der Waals surface area contributed by atoms with Gasteiger partial charge in [0.05, 0.1) is 10.7 Å². The first-order chi connectivity index (χ1) is 8.81. The van der Waals surface area contributed by atoms with E-state index in [1.54, 1.807) is 32.0 Å². The van der Waals surface area contributed by atoms with Crippen LogP contribution >= 0.6 is 23.2 Å². The number of amides is 2. The third-order valence-electron chi connectivity index (χ3n) is 2.99. The Balaban J connectivity index is 2.42. The van der Waals surface area contributed by atoms with Crippen molar-refractivity contribution >= 4 is 40.7 Å². The molecule has 6 heteroatoms. The molecule has 4 nitrogen and oxygen atoms in total. The molecule has 1 fully saturated rings. The van der Waals surface area contributed by atoms with Gasteiger partial charge in [-0.2, -0.15) is 0 Å². The zero-order valence-electron chi connectivity index (χ0n) is 10.7. The number of halogens is 2. The summed E-state index contributed by atoms with van der Waals surface area (Å²) in [5.74, 6) is -0.339. The Kier molecular flexibility index (Phi) is 3.74. The van der Waals surface area contributed by atoms with E-state index in [1.807, 2.05) is 0 Å². The van der Waals surface area contributed by atoms with Crippen LogP contribution in [0.4, 0.5) is 5.69 Å². The maximum absolute atomic E-state index is 12.5. The highest BCUT2D eigenvalue weighted by atomic mass is 35.5. The van der Waals surface area contributed by atoms with Crippen molar-refractivity contribution in [2.24, 2.45) is 0 Å². The summed E-state index contributed by atoms with van der Waals surface area (Å²) in [5.41, 5.74) is -0.378. The number of hydrogen-bond acceptors (Lipinski definition) is 2. The van der Waals surface area contributed by atoms with E-state index in [0.29, 0.717) is 22.3 Å². The molecule has 2 amide bonds. The minimum Gasteiger partial charge on any atom is -0.342 e. The minimum absolute atomic E-state index is 0.147. The molecule has 1 N–H and O–H groups in total. The van der Waals surface area contributed by atoms with Crippen LogP contribution in [0.2, 0.25) is 10.0 Å². The molecule has 0 bridgehead atoms. The summed E-state index contributed by atoms with van der Waals surface area (Å²) in [6, 6.07) is 4.94. The van der Waals surface area contributed by atoms with Gasteiger partial charge in [0.25, 0.3) is 5.91 Å². The van der Waals surface area contributed by atoms with Gasteiger partial charge >= 0.3 is 0 Å². The van der Waals surface area contributed by atoms with Crippen molar-refractivity contribution in [3.8, 4) is 0 Å². The Labute approximate surface area is 121 Å². The molecule has 102 valence electrons. The maximum Gasteiger partial charge on any atom is 0.252 e. The number of hydrogen-bond donors (Lipinski definition) is 1. The first-order valence-electron chi connectivity index (χ1n) is 5.89. The van der Waals surface area contributed by atoms with Crippen LogP contribution in [-0.4, -0.2) is 23.9 Å². The van der Waals surface area contributed by atoms with E-state index in [0.717, 1.165) is 0 Å². The topological polar surface area (TPSA) is 49.4 Å². The van der Waals surface area contributed by atoms with Crippen molar-refractivity contribution < 1.29 is 9.59 Å². The number of nitrogens with one attached hydrogen (secondary N) is 1. The number of nitrogens with zero attached hydrogens (tertiary/aromatic N) is 1. The lowest BCUT2D eigenvalue weighted by Crippen LogP contribution is -2.53. The average molecular weight is 301 g/mol. The summed E-state index contributed by atoms with van der Waals surface area (Å²) in [4.78, 5) is 25.6. The fraction of sp³-hybridized carbons (Fsp3) is 0.385. The first kappa shape index (κ1) is 14.2. The Bertz CT molecular complexity index is 543. The minimum atomic E-state index is -0.948. The van der Waals surface area contributed by atoms with E-state index >= 15 is 0 Å². The van der Waals surface area contributed by atoms with E-state index < -0.39 is 5.54 Å². The molecule has 1 heterocycles. The molecule has 1 aliphatic rings. The number of benzene rings is 1. The molecule has 0 spiro atoms. The lowest BCUT2D eigenvalue weighted by molar-refractivity contribution is -0.128. The van der Waals surface area contributed by atoms with E-state index in [4.69, 9.17) is 23.2 Å². The van der Waals surface area contributed by atoms with Gasteiger partial charge in [-0.25, -0.2) is 0 Å². The molecule has 0 aliphatic carbocycles. The van der Waals surface area contributed by atoms with Gasteiger partial charge in [-0.3, -0.25) is 9.59 Å². The quantitative estimate of drug-likeness (QED) is 0.867. The van der Waals surface area contributed by atoms with Crippen LogP contribution in [0.1, 0.15) is 20.3 Å². The molecule has 0 radical (unpaired) electrons. The van der Waals surface area contributed by atoms with Gasteiger partial charge in [0, 0.05) is 18.0 Å². The zero-order chi connectivity index (χ0) is 14.2. The number of carbonyl (C=O) groups excluding carboxylic acids is 2. The molecule has 1 aliphatic heterocycles. The SMILES string of the molecule is CC1(C)NC(=O)CCN(c2ccc(Cl)cc2Cl)C1=O. The number of carbonyl (C=O) groups is 2. The third-order valence-corrected chi connectivity index (χ3v) is 3.53. The van der Waals surface area contributed by atoms with Crippen molar-refractivity contribution in [2.45, 2.75) is 25.8 Å². The Morgan fingerprint density at radius 3 is 2.58 bits per heavy atom. The highest BCUT2D eigenvalue weighted by Gasteiger charge is 2.37. The standard InChI is InChI=1S/C13H14Cl2N2O2/c1-13(2)12(19)17(6-5-11(18)16-13)10-4-3-8(14)7-9(10)15/h3-4,7H,5-6H2,1-2H3,(H,16,18). The van der Waals surface area contributed by atoms with Crippen LogP contribution in [0.5, 0.6) is 0 Å². The Morgan fingerprint density at radius 1 is 1.26 bits per heavy atom. The Hall–Kier alpha value is -1.26. The second-order valence-corrected chi connectivity index (χ2v) is 5.82. The molecule has 1 aromatic rings. The maximum atomic E-state index is 12.5. The van der Waals surface area contributed by atoms with Crippen LogP contribution in [0.25, 0.3) is 0 Å². The van der Waals surface area contributed by atoms with Gasteiger partial charge in [0.2, 0.25) is 5.91 Å². The van der Waals surface area contributed by atoms with Gasteiger partial charge < -0.3 is 10.2 Å². The second-order valence-electron chi connectivity index (χ2n) is 4.98. The fourth-order valence-electron chi connectivity index (χ4n) is 2.05. The predicted octanol–water partition coefficient (Wildman–Crippen LogP) is 2.62. The lowest BCUT2D eigenvalue weighted by Gasteiger charge is -2.29. The molecule has 19 heavy (non-hydrogen) atoms. The largest absolute Gasteiger partial charge is 0.342 e. The summed E-state index contributed by atoms with van der Waals surface area (Å²) in [5, 5.41) is 3.60. The monoisotopic (exact) mass is 300 g/mol. The fourth-order valence-corrected chi connectivity index (χ4v) is 2.56. The normalized spacial score (nSPS) is 19.1. The first-order valence-corrected chi connectivity index (χ1v) is 6.65. The molecular weight excluding hydrogens is 287 g/mol. The van der Waals surface area contributed by atoms with E-state index in [1.165, 1.54) is 4.90 Å². The van der Waals surface area contributed by atoms with Crippen LogP contribution < -0.4 is 10.2 Å². The van der Waals surface area contributed by atoms with Gasteiger partial charge in [-0.1, -0.05) is 23.2 Å². The van der Waals surface area contributed by atoms with E-state index in [9.17, 15) is 9.59 Å². The summed E-state index contributed by atoms with van der Waals surface area (Å²) < 4.78 is 0. The predicted molar refractivity (Wildman–Crippen MR) is 75.7 cm³/mol. The van der Waals surface area contributed by atoms with E-state index in [2.05, 4.69) is 5.32 Å². The van der Waals surface area contributed by atoms with Crippen LogP contribution in [0.3, 0.4) is 0 Å². The number of rotatable bonds is 1. The van der Waals surface area contributed by atoms with Crippen molar-refractivity contribution in [1.29, 1.82) is 0 Å². The van der Waals surface area contributed by atoms with Gasteiger partial charge in [-0.15, -0.1) is 0 Å². The van der Waals surface area contributed by atoms with Gasteiger partial charge in [0.1, 0.15) is 5.54 Å².